The monoisotopic (exact) mass is 82.1 g/mol. The van der Waals surface area contributed by atoms with Crippen molar-refractivity contribution in [3.05, 3.63) is 23.8 Å². The number of hydrogen-bond donors (Lipinski definition) is 1. The normalized spacial score (nSPS) is 8.00. The second-order valence-electron chi connectivity index (χ2n) is 0.734. The number of nitrogens with one attached hydrogen (secondary N) is 1. The molecule has 0 aliphatic heterocycles. The van der Waals surface area contributed by atoms with E-state index in [2.05, 4.69) is 10.2 Å². The van der Waals surface area contributed by atoms with E-state index in [1.54, 1.807) is 13.2 Å². The smallest absolute Gasteiger partial charge is 0.169 e. The fourth-order valence-corrected chi connectivity index (χ4v) is 0.112. The summed E-state index contributed by atoms with van der Waals surface area (Å²) >= 11 is 0. The summed E-state index contributed by atoms with van der Waals surface area (Å²) in [6.45, 7) is 6.20. The Morgan fingerprint density at radius 1 is 1.83 bits per heavy atom. The first-order valence-electron chi connectivity index (χ1n) is 1.60. The zero-order valence-electron chi connectivity index (χ0n) is 3.60. The molecule has 0 rings (SSSR count). The van der Waals surface area contributed by atoms with Crippen LogP contribution in [0.4, 0.5) is 0 Å². The minimum absolute atomic E-state index is 1.36. The summed E-state index contributed by atoms with van der Waals surface area (Å²) in [5.41, 5.74) is 0. The Labute approximate surface area is 37.3 Å². The van der Waals surface area contributed by atoms with Gasteiger partial charge in [-0.2, -0.15) is 0 Å². The molecule has 0 bridgehead atoms. The lowest BCUT2D eigenvalue weighted by Gasteiger charge is -1.74. The SMILES string of the molecule is [C-]#[N+]/C=C/NC. The van der Waals surface area contributed by atoms with Crippen molar-refractivity contribution in [2.45, 2.75) is 0 Å². The van der Waals surface area contributed by atoms with Gasteiger partial charge in [0.25, 0.3) is 0 Å². The van der Waals surface area contributed by atoms with Gasteiger partial charge in [0, 0.05) is 7.05 Å². The van der Waals surface area contributed by atoms with E-state index in [0.29, 0.717) is 0 Å². The molecule has 0 aromatic rings. The second kappa shape index (κ2) is 4.03. The van der Waals surface area contributed by atoms with Gasteiger partial charge in [-0.05, 0) is 6.20 Å². The molecule has 0 aromatic carbocycles. The highest BCUT2D eigenvalue weighted by Crippen LogP contribution is 1.62. The van der Waals surface area contributed by atoms with Gasteiger partial charge in [-0.25, -0.2) is 4.85 Å². The maximum atomic E-state index is 6.20. The van der Waals surface area contributed by atoms with E-state index in [-0.39, 0.29) is 0 Å². The fourth-order valence-electron chi connectivity index (χ4n) is 0.112. The maximum Gasteiger partial charge on any atom is 0.169 e. The third-order valence-electron chi connectivity index (χ3n) is 0.316. The topological polar surface area (TPSA) is 16.4 Å². The predicted molar refractivity (Wildman–Crippen MR) is 24.8 cm³/mol. The molecule has 0 unspecified atom stereocenters. The predicted octanol–water partition coefficient (Wildman–Crippen LogP) is 0.596. The Hall–Kier alpha value is -0.970. The Morgan fingerprint density at radius 3 is 2.67 bits per heavy atom. The first kappa shape index (κ1) is 5.03. The summed E-state index contributed by atoms with van der Waals surface area (Å²) in [4.78, 5) is 2.93. The quantitative estimate of drug-likeness (QED) is 0.458. The number of hydrogen-bond acceptors (Lipinski definition) is 1. The standard InChI is InChI=1S/C4H6N2/c1-5-3-4-6-2/h3-5H,1H3/b4-3+. The van der Waals surface area contributed by atoms with Gasteiger partial charge < -0.3 is 5.32 Å². The molecule has 0 radical (unpaired) electrons. The van der Waals surface area contributed by atoms with Crippen molar-refractivity contribution in [3.63, 3.8) is 0 Å². The van der Waals surface area contributed by atoms with Crippen molar-refractivity contribution in [2.24, 2.45) is 0 Å². The Kier molecular flexibility index (Phi) is 3.38. The third kappa shape index (κ3) is 3.03. The molecular weight excluding hydrogens is 76.1 g/mol. The molecular formula is C4H6N2. The fraction of sp³-hybridized carbons (Fsp3) is 0.250. The van der Waals surface area contributed by atoms with E-state index in [4.69, 9.17) is 6.57 Å². The van der Waals surface area contributed by atoms with Crippen molar-refractivity contribution < 1.29 is 0 Å². The van der Waals surface area contributed by atoms with Gasteiger partial charge in [0.15, 0.2) is 6.20 Å². The van der Waals surface area contributed by atoms with Crippen LogP contribution in [0.1, 0.15) is 0 Å². The van der Waals surface area contributed by atoms with E-state index in [0.717, 1.165) is 0 Å². The Balaban J connectivity index is 3.02. The van der Waals surface area contributed by atoms with Crippen molar-refractivity contribution in [2.75, 3.05) is 7.05 Å². The molecule has 2 nitrogen and oxygen atoms in total. The molecule has 0 saturated heterocycles. The molecule has 0 spiro atoms. The summed E-state index contributed by atoms with van der Waals surface area (Å²) in [5, 5.41) is 2.67. The lowest BCUT2D eigenvalue weighted by molar-refractivity contribution is 1.10. The average Bonchev–Trinajstić information content (AvgIpc) is 1.61. The first-order valence-corrected chi connectivity index (χ1v) is 1.60. The molecule has 6 heavy (non-hydrogen) atoms. The number of nitrogens with zero attached hydrogens (tertiary/aromatic N) is 1. The average molecular weight is 82.1 g/mol. The molecule has 0 fully saturated rings. The van der Waals surface area contributed by atoms with Crippen LogP contribution in [0.15, 0.2) is 12.4 Å². The molecule has 32 valence electrons. The molecule has 0 heterocycles. The van der Waals surface area contributed by atoms with E-state index < -0.39 is 0 Å². The van der Waals surface area contributed by atoms with Crippen LogP contribution < -0.4 is 5.32 Å². The molecule has 0 atom stereocenters. The summed E-state index contributed by atoms with van der Waals surface area (Å²) in [6, 6.07) is 0. The number of rotatable bonds is 1. The Morgan fingerprint density at radius 2 is 2.50 bits per heavy atom. The molecule has 0 aliphatic carbocycles. The highest BCUT2D eigenvalue weighted by Gasteiger charge is 1.52. The largest absolute Gasteiger partial charge is 0.404 e. The van der Waals surface area contributed by atoms with Crippen molar-refractivity contribution in [1.29, 1.82) is 0 Å². The minimum atomic E-state index is 1.36. The van der Waals surface area contributed by atoms with E-state index in [1.807, 2.05) is 0 Å². The van der Waals surface area contributed by atoms with Crippen molar-refractivity contribution in [3.8, 4) is 0 Å². The van der Waals surface area contributed by atoms with Gasteiger partial charge >= 0.3 is 0 Å². The van der Waals surface area contributed by atoms with Crippen LogP contribution in [0.3, 0.4) is 0 Å². The van der Waals surface area contributed by atoms with Crippen LogP contribution in [-0.2, 0) is 0 Å². The molecule has 0 saturated carbocycles. The van der Waals surface area contributed by atoms with Crippen LogP contribution >= 0.6 is 0 Å². The van der Waals surface area contributed by atoms with Gasteiger partial charge in [-0.1, -0.05) is 0 Å². The minimum Gasteiger partial charge on any atom is -0.404 e. The third-order valence-corrected chi connectivity index (χ3v) is 0.316. The Bertz CT molecular complexity index is 78.0. The summed E-state index contributed by atoms with van der Waals surface area (Å²) in [7, 11) is 1.75. The summed E-state index contributed by atoms with van der Waals surface area (Å²) < 4.78 is 0. The maximum absolute atomic E-state index is 6.20. The molecule has 0 amide bonds. The van der Waals surface area contributed by atoms with Crippen LogP contribution in [-0.4, -0.2) is 7.05 Å². The van der Waals surface area contributed by atoms with Crippen molar-refractivity contribution in [1.82, 2.24) is 5.32 Å². The van der Waals surface area contributed by atoms with Gasteiger partial charge in [-0.15, -0.1) is 0 Å². The van der Waals surface area contributed by atoms with Gasteiger partial charge in [-0.3, -0.25) is 0 Å². The summed E-state index contributed by atoms with van der Waals surface area (Å²) in [5.74, 6) is 0. The molecule has 1 N–H and O–H groups in total. The van der Waals surface area contributed by atoms with Crippen LogP contribution in [0.25, 0.3) is 4.85 Å². The first-order chi connectivity index (χ1) is 2.91. The van der Waals surface area contributed by atoms with Crippen LogP contribution in [0.5, 0.6) is 0 Å². The summed E-state index contributed by atoms with van der Waals surface area (Å²) in [6.07, 6.45) is 2.94. The van der Waals surface area contributed by atoms with E-state index in [1.165, 1.54) is 6.20 Å². The lowest BCUT2D eigenvalue weighted by Crippen LogP contribution is -1.89. The highest BCUT2D eigenvalue weighted by atomic mass is 14.8. The molecule has 0 aliphatic rings. The van der Waals surface area contributed by atoms with E-state index >= 15 is 0 Å². The lowest BCUT2D eigenvalue weighted by atomic mass is 10.9. The second-order valence-corrected chi connectivity index (χ2v) is 0.734. The van der Waals surface area contributed by atoms with Gasteiger partial charge in [0.1, 0.15) is 0 Å². The van der Waals surface area contributed by atoms with Crippen LogP contribution in [0, 0.1) is 6.57 Å². The van der Waals surface area contributed by atoms with E-state index in [9.17, 15) is 0 Å². The zero-order chi connectivity index (χ0) is 4.83. The van der Waals surface area contributed by atoms with Crippen LogP contribution in [0.2, 0.25) is 0 Å². The van der Waals surface area contributed by atoms with Crippen molar-refractivity contribution >= 4 is 0 Å². The highest BCUT2D eigenvalue weighted by molar-refractivity contribution is 4.86. The van der Waals surface area contributed by atoms with Gasteiger partial charge in [0.2, 0.25) is 0 Å². The zero-order valence-corrected chi connectivity index (χ0v) is 3.60. The molecule has 2 heteroatoms. The van der Waals surface area contributed by atoms with Gasteiger partial charge in [0.05, 0.1) is 6.57 Å². The molecule has 0 aromatic heterocycles.